The molecule has 1 N–H and O–H groups in total. The van der Waals surface area contributed by atoms with Gasteiger partial charge in [0.15, 0.2) is 0 Å². The highest BCUT2D eigenvalue weighted by Gasteiger charge is 2.02. The van der Waals surface area contributed by atoms with Gasteiger partial charge < -0.3 is 9.84 Å². The van der Waals surface area contributed by atoms with Crippen LogP contribution < -0.4 is 4.74 Å². The minimum Gasteiger partial charge on any atom is -0.494 e. The SMILES string of the molecule is OCCCCCCOc1ccc(-c2ccccc2Br)cc1. The maximum Gasteiger partial charge on any atom is 0.119 e. The van der Waals surface area contributed by atoms with Gasteiger partial charge in [-0.1, -0.05) is 52.7 Å². The van der Waals surface area contributed by atoms with E-state index in [0.29, 0.717) is 0 Å². The van der Waals surface area contributed by atoms with Gasteiger partial charge in [-0.25, -0.2) is 0 Å². The van der Waals surface area contributed by atoms with Crippen molar-refractivity contribution in [1.82, 2.24) is 0 Å². The van der Waals surface area contributed by atoms with Crippen LogP contribution in [-0.4, -0.2) is 18.3 Å². The summed E-state index contributed by atoms with van der Waals surface area (Å²) in [4.78, 5) is 0. The number of ether oxygens (including phenoxy) is 1. The number of aliphatic hydroxyl groups is 1. The first-order valence-electron chi connectivity index (χ1n) is 7.40. The minimum absolute atomic E-state index is 0.289. The van der Waals surface area contributed by atoms with E-state index in [4.69, 9.17) is 9.84 Å². The lowest BCUT2D eigenvalue weighted by molar-refractivity contribution is 0.273. The largest absolute Gasteiger partial charge is 0.494 e. The van der Waals surface area contributed by atoms with Crippen LogP contribution in [0.3, 0.4) is 0 Å². The van der Waals surface area contributed by atoms with E-state index in [-0.39, 0.29) is 6.61 Å². The number of hydrogen-bond donors (Lipinski definition) is 1. The molecule has 3 heteroatoms. The molecule has 2 aromatic carbocycles. The number of aliphatic hydroxyl groups excluding tert-OH is 1. The highest BCUT2D eigenvalue weighted by molar-refractivity contribution is 9.10. The van der Waals surface area contributed by atoms with Gasteiger partial charge >= 0.3 is 0 Å². The van der Waals surface area contributed by atoms with Gasteiger partial charge in [0.2, 0.25) is 0 Å². The molecule has 0 bridgehead atoms. The van der Waals surface area contributed by atoms with E-state index in [0.717, 1.165) is 42.5 Å². The molecule has 2 aromatic rings. The molecule has 0 saturated heterocycles. The molecule has 0 aliphatic heterocycles. The quantitative estimate of drug-likeness (QED) is 0.676. The van der Waals surface area contributed by atoms with E-state index in [1.807, 2.05) is 30.3 Å². The van der Waals surface area contributed by atoms with Gasteiger partial charge in [0.1, 0.15) is 5.75 Å². The van der Waals surface area contributed by atoms with Crippen molar-refractivity contribution in [1.29, 1.82) is 0 Å². The first kappa shape index (κ1) is 16.1. The Morgan fingerprint density at radius 3 is 2.29 bits per heavy atom. The molecule has 0 spiro atoms. The third-order valence-corrected chi connectivity index (χ3v) is 4.05. The smallest absolute Gasteiger partial charge is 0.119 e. The maximum atomic E-state index is 8.71. The third-order valence-electron chi connectivity index (χ3n) is 3.36. The second kappa shape index (κ2) is 8.85. The van der Waals surface area contributed by atoms with Crippen LogP contribution in [0.5, 0.6) is 5.75 Å². The van der Waals surface area contributed by atoms with Gasteiger partial charge in [0.25, 0.3) is 0 Å². The first-order chi connectivity index (χ1) is 10.3. The van der Waals surface area contributed by atoms with Crippen LogP contribution in [0.15, 0.2) is 53.0 Å². The average molecular weight is 349 g/mol. The molecule has 0 amide bonds. The summed E-state index contributed by atoms with van der Waals surface area (Å²) in [6.45, 7) is 1.02. The maximum absolute atomic E-state index is 8.71. The first-order valence-corrected chi connectivity index (χ1v) is 8.19. The third kappa shape index (κ3) is 5.18. The fraction of sp³-hybridized carbons (Fsp3) is 0.333. The zero-order valence-corrected chi connectivity index (χ0v) is 13.7. The van der Waals surface area contributed by atoms with E-state index in [1.165, 1.54) is 11.1 Å². The van der Waals surface area contributed by atoms with E-state index in [1.54, 1.807) is 0 Å². The minimum atomic E-state index is 0.289. The lowest BCUT2D eigenvalue weighted by atomic mass is 10.1. The van der Waals surface area contributed by atoms with Gasteiger partial charge in [-0.05, 0) is 48.6 Å². The highest BCUT2D eigenvalue weighted by atomic mass is 79.9. The molecular weight excluding hydrogens is 328 g/mol. The van der Waals surface area contributed by atoms with Crippen molar-refractivity contribution in [3.8, 4) is 16.9 Å². The van der Waals surface area contributed by atoms with Gasteiger partial charge in [0.05, 0.1) is 6.61 Å². The molecule has 0 aliphatic rings. The molecule has 0 saturated carbocycles. The van der Waals surface area contributed by atoms with Crippen LogP contribution in [0.2, 0.25) is 0 Å². The van der Waals surface area contributed by atoms with E-state index >= 15 is 0 Å². The van der Waals surface area contributed by atoms with Crippen molar-refractivity contribution in [2.24, 2.45) is 0 Å². The Bertz CT molecular complexity index is 537. The van der Waals surface area contributed by atoms with Crippen molar-refractivity contribution >= 4 is 15.9 Å². The summed E-state index contributed by atoms with van der Waals surface area (Å²) in [6.07, 6.45) is 4.10. The Balaban J connectivity index is 1.84. The summed E-state index contributed by atoms with van der Waals surface area (Å²) in [7, 11) is 0. The van der Waals surface area contributed by atoms with Gasteiger partial charge in [-0.3, -0.25) is 0 Å². The van der Waals surface area contributed by atoms with Gasteiger partial charge in [-0.2, -0.15) is 0 Å². The van der Waals surface area contributed by atoms with E-state index in [2.05, 4.69) is 34.1 Å². The zero-order chi connectivity index (χ0) is 14.9. The Morgan fingerprint density at radius 1 is 0.857 bits per heavy atom. The lowest BCUT2D eigenvalue weighted by Gasteiger charge is -2.08. The van der Waals surface area contributed by atoms with Crippen molar-refractivity contribution in [2.75, 3.05) is 13.2 Å². The normalized spacial score (nSPS) is 10.6. The molecule has 0 radical (unpaired) electrons. The second-order valence-electron chi connectivity index (χ2n) is 4.99. The fourth-order valence-corrected chi connectivity index (χ4v) is 2.70. The summed E-state index contributed by atoms with van der Waals surface area (Å²) >= 11 is 3.57. The number of halogens is 1. The molecule has 2 rings (SSSR count). The molecule has 0 aliphatic carbocycles. The van der Waals surface area contributed by atoms with Crippen LogP contribution >= 0.6 is 15.9 Å². The van der Waals surface area contributed by atoms with Crippen molar-refractivity contribution < 1.29 is 9.84 Å². The summed E-state index contributed by atoms with van der Waals surface area (Å²) in [5.74, 6) is 0.910. The zero-order valence-electron chi connectivity index (χ0n) is 12.1. The Hall–Kier alpha value is -1.32. The molecule has 0 atom stereocenters. The summed E-state index contributed by atoms with van der Waals surface area (Å²) in [5.41, 5.74) is 2.37. The Labute approximate surface area is 134 Å². The van der Waals surface area contributed by atoms with Crippen LogP contribution in [0.1, 0.15) is 25.7 Å². The summed E-state index contributed by atoms with van der Waals surface area (Å²) in [6, 6.07) is 16.4. The molecule has 0 heterocycles. The number of rotatable bonds is 8. The van der Waals surface area contributed by atoms with Crippen LogP contribution in [0, 0.1) is 0 Å². The van der Waals surface area contributed by atoms with Crippen molar-refractivity contribution in [3.05, 3.63) is 53.0 Å². The fourth-order valence-electron chi connectivity index (χ4n) is 2.18. The topological polar surface area (TPSA) is 29.5 Å². The molecule has 0 aromatic heterocycles. The molecule has 112 valence electrons. The second-order valence-corrected chi connectivity index (χ2v) is 5.84. The van der Waals surface area contributed by atoms with Crippen molar-refractivity contribution in [3.63, 3.8) is 0 Å². The highest BCUT2D eigenvalue weighted by Crippen LogP contribution is 2.29. The summed E-state index contributed by atoms with van der Waals surface area (Å²) < 4.78 is 6.83. The number of benzene rings is 2. The lowest BCUT2D eigenvalue weighted by Crippen LogP contribution is -1.97. The van der Waals surface area contributed by atoms with Gasteiger partial charge in [0, 0.05) is 11.1 Å². The van der Waals surface area contributed by atoms with Crippen LogP contribution in [-0.2, 0) is 0 Å². The predicted octanol–water partition coefficient (Wildman–Crippen LogP) is 5.05. The number of unbranched alkanes of at least 4 members (excludes halogenated alkanes) is 3. The van der Waals surface area contributed by atoms with Crippen molar-refractivity contribution in [2.45, 2.75) is 25.7 Å². The molecular formula is C18H21BrO2. The van der Waals surface area contributed by atoms with E-state index in [9.17, 15) is 0 Å². The monoisotopic (exact) mass is 348 g/mol. The van der Waals surface area contributed by atoms with Crippen LogP contribution in [0.4, 0.5) is 0 Å². The standard InChI is InChI=1S/C18H21BrO2/c19-18-8-4-3-7-17(18)15-9-11-16(12-10-15)21-14-6-2-1-5-13-20/h3-4,7-12,20H,1-2,5-6,13-14H2. The number of hydrogen-bond acceptors (Lipinski definition) is 2. The predicted molar refractivity (Wildman–Crippen MR) is 90.6 cm³/mol. The molecule has 21 heavy (non-hydrogen) atoms. The van der Waals surface area contributed by atoms with Crippen LogP contribution in [0.25, 0.3) is 11.1 Å². The molecule has 0 fully saturated rings. The summed E-state index contributed by atoms with van der Waals surface area (Å²) in [5, 5.41) is 8.71. The Kier molecular flexibility index (Phi) is 6.77. The van der Waals surface area contributed by atoms with E-state index < -0.39 is 0 Å². The van der Waals surface area contributed by atoms with Gasteiger partial charge in [-0.15, -0.1) is 0 Å². The molecule has 2 nitrogen and oxygen atoms in total. The molecule has 0 unspecified atom stereocenters. The Morgan fingerprint density at radius 2 is 1.57 bits per heavy atom. The average Bonchev–Trinajstić information content (AvgIpc) is 2.52.